The fourth-order valence-corrected chi connectivity index (χ4v) is 5.13. The molecule has 0 radical (unpaired) electrons. The van der Waals surface area contributed by atoms with Crippen LogP contribution >= 0.6 is 11.3 Å². The maximum absolute atomic E-state index is 13.3. The zero-order chi connectivity index (χ0) is 20.8. The Hall–Kier alpha value is -3.35. The van der Waals surface area contributed by atoms with Crippen molar-refractivity contribution in [2.45, 2.75) is 32.6 Å². The molecule has 2 aromatic rings. The van der Waals surface area contributed by atoms with Gasteiger partial charge in [-0.3, -0.25) is 9.69 Å². The third kappa shape index (κ3) is 3.03. The minimum absolute atomic E-state index is 0.0364. The SMILES string of the molecule is CC1(C)CC(=O)C2=C(C1)N(c1ccccc1C#N)C(N)=C(C#N)[C@H]2c1cccs1. The van der Waals surface area contributed by atoms with Crippen LogP contribution in [0.25, 0.3) is 0 Å². The highest BCUT2D eigenvalue weighted by molar-refractivity contribution is 7.10. The maximum Gasteiger partial charge on any atom is 0.162 e. The lowest BCUT2D eigenvalue weighted by atomic mass is 9.69. The Labute approximate surface area is 174 Å². The van der Waals surface area contributed by atoms with Gasteiger partial charge in [0.2, 0.25) is 0 Å². The van der Waals surface area contributed by atoms with Crippen LogP contribution in [0.2, 0.25) is 0 Å². The van der Waals surface area contributed by atoms with Gasteiger partial charge >= 0.3 is 0 Å². The van der Waals surface area contributed by atoms with E-state index < -0.39 is 5.92 Å². The van der Waals surface area contributed by atoms with Crippen molar-refractivity contribution in [1.82, 2.24) is 0 Å². The molecule has 2 heterocycles. The van der Waals surface area contributed by atoms with Gasteiger partial charge in [-0.25, -0.2) is 0 Å². The van der Waals surface area contributed by atoms with E-state index in [2.05, 4.69) is 26.0 Å². The van der Waals surface area contributed by atoms with Crippen LogP contribution in [-0.2, 0) is 4.79 Å². The number of carbonyl (C=O) groups is 1. The van der Waals surface area contributed by atoms with Gasteiger partial charge in [0.25, 0.3) is 0 Å². The second-order valence-corrected chi connectivity index (χ2v) is 9.10. The number of rotatable bonds is 2. The number of carbonyl (C=O) groups excluding carboxylic acids is 1. The van der Waals surface area contributed by atoms with E-state index in [-0.39, 0.29) is 17.0 Å². The molecule has 2 N–H and O–H groups in total. The van der Waals surface area contributed by atoms with Gasteiger partial charge in [-0.05, 0) is 35.4 Å². The number of ketones is 1. The molecule has 1 aromatic heterocycles. The lowest BCUT2D eigenvalue weighted by Gasteiger charge is -2.43. The molecule has 1 atom stereocenters. The lowest BCUT2D eigenvalue weighted by molar-refractivity contribution is -0.118. The Morgan fingerprint density at radius 3 is 2.55 bits per heavy atom. The van der Waals surface area contributed by atoms with Crippen LogP contribution in [0.4, 0.5) is 5.69 Å². The molecule has 0 bridgehead atoms. The van der Waals surface area contributed by atoms with Gasteiger partial charge in [-0.1, -0.05) is 32.0 Å². The van der Waals surface area contributed by atoms with Crippen molar-refractivity contribution in [3.8, 4) is 12.1 Å². The van der Waals surface area contributed by atoms with Crippen LogP contribution in [0.1, 0.15) is 43.0 Å². The normalized spacial score (nSPS) is 20.9. The first kappa shape index (κ1) is 19.0. The number of benzene rings is 1. The number of hydrogen-bond acceptors (Lipinski definition) is 6. The number of anilines is 1. The van der Waals surface area contributed by atoms with E-state index in [1.54, 1.807) is 17.0 Å². The van der Waals surface area contributed by atoms with Crippen LogP contribution in [0.5, 0.6) is 0 Å². The second kappa shape index (κ2) is 6.92. The summed E-state index contributed by atoms with van der Waals surface area (Å²) in [6, 6.07) is 15.5. The molecule has 1 aromatic carbocycles. The summed E-state index contributed by atoms with van der Waals surface area (Å²) < 4.78 is 0. The van der Waals surface area contributed by atoms with Crippen LogP contribution in [-0.4, -0.2) is 5.78 Å². The lowest BCUT2D eigenvalue weighted by Crippen LogP contribution is -2.42. The fraction of sp³-hybridized carbons (Fsp3) is 0.261. The standard InChI is InChI=1S/C23H20N4OS/c1-23(2)10-17-21(18(28)11-23)20(19-8-5-9-29-19)15(13-25)22(26)27(17)16-7-4-3-6-14(16)12-24/h3-9,20H,10-11,26H2,1-2H3/t20-/m0/s1. The Bertz CT molecular complexity index is 1140. The minimum atomic E-state index is -0.455. The van der Waals surface area contributed by atoms with E-state index >= 15 is 0 Å². The van der Waals surface area contributed by atoms with E-state index in [1.165, 1.54) is 11.3 Å². The summed E-state index contributed by atoms with van der Waals surface area (Å²) >= 11 is 1.51. The number of allylic oxidation sites excluding steroid dienone is 3. The average molecular weight is 401 g/mol. The third-order valence-corrected chi connectivity index (χ3v) is 6.41. The van der Waals surface area contributed by atoms with Gasteiger partial charge in [0, 0.05) is 22.6 Å². The van der Waals surface area contributed by atoms with Crippen molar-refractivity contribution in [2.75, 3.05) is 4.90 Å². The predicted molar refractivity (Wildman–Crippen MR) is 113 cm³/mol. The first-order valence-corrected chi connectivity index (χ1v) is 10.2. The van der Waals surface area contributed by atoms with Crippen molar-refractivity contribution in [1.29, 1.82) is 10.5 Å². The summed E-state index contributed by atoms with van der Waals surface area (Å²) in [4.78, 5) is 16.0. The van der Waals surface area contributed by atoms with Gasteiger partial charge in [-0.2, -0.15) is 10.5 Å². The van der Waals surface area contributed by atoms with Gasteiger partial charge in [0.05, 0.1) is 28.8 Å². The third-order valence-electron chi connectivity index (χ3n) is 5.47. The van der Waals surface area contributed by atoms with Crippen molar-refractivity contribution in [3.63, 3.8) is 0 Å². The summed E-state index contributed by atoms with van der Waals surface area (Å²) in [5, 5.41) is 21.6. The molecule has 0 saturated carbocycles. The molecule has 29 heavy (non-hydrogen) atoms. The first-order valence-electron chi connectivity index (χ1n) is 9.36. The van der Waals surface area contributed by atoms with Gasteiger partial charge in [-0.15, -0.1) is 11.3 Å². The maximum atomic E-state index is 13.3. The van der Waals surface area contributed by atoms with Crippen molar-refractivity contribution in [2.24, 2.45) is 11.1 Å². The number of thiophene rings is 1. The van der Waals surface area contributed by atoms with Gasteiger partial charge in [0.15, 0.2) is 5.78 Å². The molecular weight excluding hydrogens is 380 g/mol. The van der Waals surface area contributed by atoms with Gasteiger partial charge in [0.1, 0.15) is 11.9 Å². The second-order valence-electron chi connectivity index (χ2n) is 8.12. The van der Waals surface area contributed by atoms with Crippen molar-refractivity contribution >= 4 is 22.8 Å². The fourth-order valence-electron chi connectivity index (χ4n) is 4.29. The molecule has 5 nitrogen and oxygen atoms in total. The van der Waals surface area contributed by atoms with E-state index in [1.807, 2.05) is 29.6 Å². The van der Waals surface area contributed by atoms with E-state index in [0.717, 1.165) is 10.6 Å². The molecule has 1 aliphatic carbocycles. The molecular formula is C23H20N4OS. The monoisotopic (exact) mass is 400 g/mol. The van der Waals surface area contributed by atoms with Crippen molar-refractivity contribution in [3.05, 3.63) is 74.9 Å². The first-order chi connectivity index (χ1) is 13.9. The highest BCUT2D eigenvalue weighted by Crippen LogP contribution is 2.51. The number of para-hydroxylation sites is 1. The molecule has 0 fully saturated rings. The molecule has 0 saturated heterocycles. The molecule has 144 valence electrons. The number of nitrogens with zero attached hydrogens (tertiary/aromatic N) is 3. The highest BCUT2D eigenvalue weighted by atomic mass is 32.1. The molecule has 4 rings (SSSR count). The number of Topliss-reactive ketones (excluding diaryl/α,β-unsaturated/α-hetero) is 1. The Kier molecular flexibility index (Phi) is 4.53. The molecule has 6 heteroatoms. The number of hydrogen-bond donors (Lipinski definition) is 1. The Balaban J connectivity index is 2.04. The molecule has 2 aliphatic rings. The largest absolute Gasteiger partial charge is 0.384 e. The van der Waals surface area contributed by atoms with Crippen LogP contribution in [0.3, 0.4) is 0 Å². The quantitative estimate of drug-likeness (QED) is 0.797. The zero-order valence-corrected chi connectivity index (χ0v) is 17.1. The number of nitriles is 2. The van der Waals surface area contributed by atoms with Crippen LogP contribution in [0.15, 0.2) is 64.4 Å². The summed E-state index contributed by atoms with van der Waals surface area (Å²) in [5.41, 5.74) is 9.15. The summed E-state index contributed by atoms with van der Waals surface area (Å²) in [5.74, 6) is -0.128. The predicted octanol–water partition coefficient (Wildman–Crippen LogP) is 4.56. The van der Waals surface area contributed by atoms with Crippen LogP contribution < -0.4 is 10.6 Å². The zero-order valence-electron chi connectivity index (χ0n) is 16.3. The topological polar surface area (TPSA) is 93.9 Å². The van der Waals surface area contributed by atoms with Crippen LogP contribution in [0, 0.1) is 28.1 Å². The summed E-state index contributed by atoms with van der Waals surface area (Å²) in [6.45, 7) is 4.12. The number of nitrogens with two attached hydrogens (primary N) is 1. The minimum Gasteiger partial charge on any atom is -0.384 e. The molecule has 1 aliphatic heterocycles. The summed E-state index contributed by atoms with van der Waals surface area (Å²) in [6.07, 6.45) is 1.05. The average Bonchev–Trinajstić information content (AvgIpc) is 3.20. The molecule has 0 spiro atoms. The molecule has 0 amide bonds. The van der Waals surface area contributed by atoms with Crippen molar-refractivity contribution < 1.29 is 4.79 Å². The van der Waals surface area contributed by atoms with E-state index in [0.29, 0.717) is 35.2 Å². The van der Waals surface area contributed by atoms with Gasteiger partial charge < -0.3 is 5.73 Å². The summed E-state index contributed by atoms with van der Waals surface area (Å²) in [7, 11) is 0. The Morgan fingerprint density at radius 1 is 1.14 bits per heavy atom. The Morgan fingerprint density at radius 2 is 1.90 bits per heavy atom. The van der Waals surface area contributed by atoms with E-state index in [4.69, 9.17) is 5.73 Å². The highest BCUT2D eigenvalue weighted by Gasteiger charge is 2.45. The molecule has 0 unspecified atom stereocenters. The van der Waals surface area contributed by atoms with E-state index in [9.17, 15) is 15.3 Å². The smallest absolute Gasteiger partial charge is 0.162 e.